The van der Waals surface area contributed by atoms with Crippen LogP contribution in [-0.2, 0) is 4.79 Å². The van der Waals surface area contributed by atoms with Crippen LogP contribution in [0.5, 0.6) is 0 Å². The Hall–Kier alpha value is -0.570. The highest BCUT2D eigenvalue weighted by molar-refractivity contribution is 5.67. The lowest BCUT2D eigenvalue weighted by atomic mass is 9.82. The van der Waals surface area contributed by atoms with Gasteiger partial charge in [-0.25, -0.2) is 0 Å². The molecule has 0 bridgehead atoms. The highest BCUT2D eigenvalue weighted by Crippen LogP contribution is 2.44. The van der Waals surface area contributed by atoms with Crippen molar-refractivity contribution in [2.75, 3.05) is 6.54 Å². The van der Waals surface area contributed by atoms with Crippen LogP contribution in [-0.4, -0.2) is 17.6 Å². The molecule has 3 heteroatoms. The molecule has 3 N–H and O–H groups in total. The molecule has 1 aliphatic carbocycles. The Kier molecular flexibility index (Phi) is 3.31. The lowest BCUT2D eigenvalue weighted by molar-refractivity contribution is -0.139. The molecule has 0 aliphatic heterocycles. The predicted octanol–water partition coefficient (Wildman–Crippen LogP) is 1.62. The summed E-state index contributed by atoms with van der Waals surface area (Å²) in [5.74, 6) is -0.00916. The zero-order chi connectivity index (χ0) is 9.90. The van der Waals surface area contributed by atoms with E-state index in [9.17, 15) is 4.79 Å². The van der Waals surface area contributed by atoms with Crippen LogP contribution >= 0.6 is 0 Å². The summed E-state index contributed by atoms with van der Waals surface area (Å²) in [6.07, 6.45) is 4.56. The maximum atomic E-state index is 10.7. The van der Waals surface area contributed by atoms with Crippen molar-refractivity contribution in [2.24, 2.45) is 17.1 Å². The summed E-state index contributed by atoms with van der Waals surface area (Å²) in [6, 6.07) is 0. The Labute approximate surface area is 79.3 Å². The molecule has 0 heterocycles. The summed E-state index contributed by atoms with van der Waals surface area (Å²) in [5, 5.41) is 8.77. The van der Waals surface area contributed by atoms with Crippen LogP contribution in [0.1, 0.15) is 39.0 Å². The van der Waals surface area contributed by atoms with E-state index in [2.05, 4.69) is 6.92 Å². The minimum Gasteiger partial charge on any atom is -0.481 e. The molecule has 1 aliphatic rings. The van der Waals surface area contributed by atoms with Gasteiger partial charge in [0, 0.05) is 0 Å². The van der Waals surface area contributed by atoms with Crippen LogP contribution in [0.15, 0.2) is 0 Å². The standard InChI is InChI=1S/C10H19NO2/c1-2-8-3-4-10(5-8,7-11)6-9(12)13/h8H,2-7,11H2,1H3,(H,12,13)/t8?,10-/m1/s1. The van der Waals surface area contributed by atoms with Gasteiger partial charge < -0.3 is 10.8 Å². The van der Waals surface area contributed by atoms with Gasteiger partial charge in [-0.15, -0.1) is 0 Å². The van der Waals surface area contributed by atoms with Gasteiger partial charge in [-0.3, -0.25) is 4.79 Å². The van der Waals surface area contributed by atoms with Crippen LogP contribution in [0.25, 0.3) is 0 Å². The topological polar surface area (TPSA) is 63.3 Å². The predicted molar refractivity (Wildman–Crippen MR) is 51.4 cm³/mol. The molecule has 1 unspecified atom stereocenters. The molecule has 76 valence electrons. The van der Waals surface area contributed by atoms with E-state index in [1.807, 2.05) is 0 Å². The van der Waals surface area contributed by atoms with Crippen LogP contribution in [0.2, 0.25) is 0 Å². The van der Waals surface area contributed by atoms with Crippen molar-refractivity contribution in [1.82, 2.24) is 0 Å². The third-order valence-electron chi connectivity index (χ3n) is 3.34. The maximum Gasteiger partial charge on any atom is 0.303 e. The fourth-order valence-corrected chi connectivity index (χ4v) is 2.41. The summed E-state index contributed by atoms with van der Waals surface area (Å²) in [7, 11) is 0. The molecular formula is C10H19NO2. The third-order valence-corrected chi connectivity index (χ3v) is 3.34. The second-order valence-electron chi connectivity index (χ2n) is 4.29. The fourth-order valence-electron chi connectivity index (χ4n) is 2.41. The number of hydrogen-bond donors (Lipinski definition) is 2. The first-order chi connectivity index (χ1) is 6.12. The maximum absolute atomic E-state index is 10.7. The van der Waals surface area contributed by atoms with Gasteiger partial charge in [0.2, 0.25) is 0 Å². The van der Waals surface area contributed by atoms with E-state index < -0.39 is 5.97 Å². The molecule has 0 spiro atoms. The Balaban J connectivity index is 2.57. The quantitative estimate of drug-likeness (QED) is 0.699. The third kappa shape index (κ3) is 2.44. The molecule has 1 saturated carbocycles. The summed E-state index contributed by atoms with van der Waals surface area (Å²) >= 11 is 0. The van der Waals surface area contributed by atoms with E-state index in [4.69, 9.17) is 10.8 Å². The second-order valence-corrected chi connectivity index (χ2v) is 4.29. The number of carboxylic acid groups (broad SMARTS) is 1. The molecule has 0 aromatic carbocycles. The summed E-state index contributed by atoms with van der Waals surface area (Å²) in [6.45, 7) is 2.69. The summed E-state index contributed by atoms with van der Waals surface area (Å²) in [5.41, 5.74) is 5.58. The van der Waals surface area contributed by atoms with Crippen molar-refractivity contribution < 1.29 is 9.90 Å². The van der Waals surface area contributed by atoms with Gasteiger partial charge in [0.05, 0.1) is 6.42 Å². The first kappa shape index (κ1) is 10.5. The zero-order valence-corrected chi connectivity index (χ0v) is 8.25. The van der Waals surface area contributed by atoms with Crippen molar-refractivity contribution in [3.05, 3.63) is 0 Å². The van der Waals surface area contributed by atoms with Gasteiger partial charge in [-0.2, -0.15) is 0 Å². The minimum absolute atomic E-state index is 0.0908. The number of carbonyl (C=O) groups is 1. The van der Waals surface area contributed by atoms with Crippen LogP contribution < -0.4 is 5.73 Å². The Bertz CT molecular complexity index is 193. The molecule has 1 rings (SSSR count). The molecule has 2 atom stereocenters. The number of nitrogens with two attached hydrogens (primary N) is 1. The van der Waals surface area contributed by atoms with E-state index in [0.717, 1.165) is 25.7 Å². The fraction of sp³-hybridized carbons (Fsp3) is 0.900. The highest BCUT2D eigenvalue weighted by atomic mass is 16.4. The molecule has 3 nitrogen and oxygen atoms in total. The van der Waals surface area contributed by atoms with Gasteiger partial charge in [0.15, 0.2) is 0 Å². The second kappa shape index (κ2) is 4.09. The van der Waals surface area contributed by atoms with Gasteiger partial charge in [-0.05, 0) is 37.1 Å². The molecule has 13 heavy (non-hydrogen) atoms. The number of aliphatic carboxylic acids is 1. The molecule has 1 fully saturated rings. The molecular weight excluding hydrogens is 166 g/mol. The van der Waals surface area contributed by atoms with E-state index in [0.29, 0.717) is 12.5 Å². The van der Waals surface area contributed by atoms with Gasteiger partial charge in [0.1, 0.15) is 0 Å². The van der Waals surface area contributed by atoms with Crippen LogP contribution in [0, 0.1) is 11.3 Å². The van der Waals surface area contributed by atoms with Crippen LogP contribution in [0.3, 0.4) is 0 Å². The summed E-state index contributed by atoms with van der Waals surface area (Å²) < 4.78 is 0. The largest absolute Gasteiger partial charge is 0.481 e. The number of hydrogen-bond acceptors (Lipinski definition) is 2. The Morgan fingerprint density at radius 3 is 2.77 bits per heavy atom. The average molecular weight is 185 g/mol. The number of carboxylic acids is 1. The van der Waals surface area contributed by atoms with E-state index in [1.165, 1.54) is 0 Å². The van der Waals surface area contributed by atoms with Crippen molar-refractivity contribution >= 4 is 5.97 Å². The lowest BCUT2D eigenvalue weighted by Crippen LogP contribution is -2.30. The van der Waals surface area contributed by atoms with E-state index >= 15 is 0 Å². The van der Waals surface area contributed by atoms with Gasteiger partial charge >= 0.3 is 5.97 Å². The lowest BCUT2D eigenvalue weighted by Gasteiger charge is -2.25. The first-order valence-corrected chi connectivity index (χ1v) is 5.04. The van der Waals surface area contributed by atoms with E-state index in [-0.39, 0.29) is 11.8 Å². The summed E-state index contributed by atoms with van der Waals surface area (Å²) in [4.78, 5) is 10.7. The Morgan fingerprint density at radius 2 is 2.38 bits per heavy atom. The van der Waals surface area contributed by atoms with Crippen molar-refractivity contribution in [3.8, 4) is 0 Å². The molecule has 0 aromatic rings. The SMILES string of the molecule is CCC1CC[C@](CN)(CC(=O)O)C1. The normalized spacial score (nSPS) is 33.5. The van der Waals surface area contributed by atoms with E-state index in [1.54, 1.807) is 0 Å². The zero-order valence-electron chi connectivity index (χ0n) is 8.25. The van der Waals surface area contributed by atoms with Crippen molar-refractivity contribution in [2.45, 2.75) is 39.0 Å². The first-order valence-electron chi connectivity index (χ1n) is 5.04. The van der Waals surface area contributed by atoms with Gasteiger partial charge in [-0.1, -0.05) is 13.3 Å². The molecule has 0 radical (unpaired) electrons. The molecule has 0 amide bonds. The number of rotatable bonds is 4. The monoisotopic (exact) mass is 185 g/mol. The minimum atomic E-state index is -0.706. The van der Waals surface area contributed by atoms with Gasteiger partial charge in [0.25, 0.3) is 0 Å². The smallest absolute Gasteiger partial charge is 0.303 e. The molecule has 0 saturated heterocycles. The van der Waals surface area contributed by atoms with Crippen LogP contribution in [0.4, 0.5) is 0 Å². The molecule has 0 aromatic heterocycles. The van der Waals surface area contributed by atoms with Crippen molar-refractivity contribution in [1.29, 1.82) is 0 Å². The highest BCUT2D eigenvalue weighted by Gasteiger charge is 2.38. The van der Waals surface area contributed by atoms with Crippen molar-refractivity contribution in [3.63, 3.8) is 0 Å². The average Bonchev–Trinajstić information content (AvgIpc) is 2.48. The Morgan fingerprint density at radius 1 is 1.69 bits per heavy atom.